The van der Waals surface area contributed by atoms with Gasteiger partial charge < -0.3 is 25.1 Å². The standard InChI is InChI=1S/C32H33ClN6O2/c1-32(2)40-28-22(16-26(29(28)41-32)39-14-13-24-30(34)36-18-37-31(24)39)8-4-19-3-7-21-9-12-27(38-25(21)15-19)35-17-20-5-10-23(33)11-6-20/h3,5-7,9-15,18,22,26,28-29H,4,8,16-17H2,1-2H3,(H,35,38)(H2,34,36,37)/t22-,26+,28+,29-/m0/s1. The molecule has 2 aromatic carbocycles. The van der Waals surface area contributed by atoms with Crippen molar-refractivity contribution in [1.29, 1.82) is 0 Å². The predicted octanol–water partition coefficient (Wildman–Crippen LogP) is 6.54. The van der Waals surface area contributed by atoms with Crippen LogP contribution in [0.4, 0.5) is 11.6 Å². The number of anilines is 2. The molecule has 3 N–H and O–H groups in total. The van der Waals surface area contributed by atoms with Gasteiger partial charge in [-0.05, 0) is 86.6 Å². The first kappa shape index (κ1) is 26.2. The van der Waals surface area contributed by atoms with E-state index >= 15 is 0 Å². The molecule has 9 heteroatoms. The molecule has 210 valence electrons. The normalized spacial score (nSPS) is 23.3. The molecule has 0 unspecified atom stereocenters. The second kappa shape index (κ2) is 10.3. The predicted molar refractivity (Wildman–Crippen MR) is 162 cm³/mol. The maximum absolute atomic E-state index is 6.47. The van der Waals surface area contributed by atoms with E-state index in [1.165, 1.54) is 11.9 Å². The molecule has 2 aliphatic rings. The number of aromatic nitrogens is 4. The zero-order chi connectivity index (χ0) is 28.1. The Morgan fingerprint density at radius 2 is 1.78 bits per heavy atom. The van der Waals surface area contributed by atoms with Gasteiger partial charge >= 0.3 is 0 Å². The Bertz CT molecular complexity index is 1720. The lowest BCUT2D eigenvalue weighted by Crippen LogP contribution is -2.27. The lowest BCUT2D eigenvalue weighted by Gasteiger charge is -2.24. The van der Waals surface area contributed by atoms with Crippen LogP contribution in [0.5, 0.6) is 0 Å². The van der Waals surface area contributed by atoms with Crippen LogP contribution in [-0.2, 0) is 22.4 Å². The maximum Gasteiger partial charge on any atom is 0.163 e. The molecule has 0 spiro atoms. The van der Waals surface area contributed by atoms with Gasteiger partial charge in [0.05, 0.1) is 23.0 Å². The minimum Gasteiger partial charge on any atom is -0.383 e. The Labute approximate surface area is 243 Å². The van der Waals surface area contributed by atoms with E-state index < -0.39 is 5.79 Å². The molecule has 1 saturated carbocycles. The molecule has 41 heavy (non-hydrogen) atoms. The minimum absolute atomic E-state index is 0.0221. The van der Waals surface area contributed by atoms with Gasteiger partial charge in [0.1, 0.15) is 29.7 Å². The highest BCUT2D eigenvalue weighted by Gasteiger charge is 2.54. The number of nitrogens with zero attached hydrogens (tertiary/aromatic N) is 4. The molecule has 1 saturated heterocycles. The Morgan fingerprint density at radius 1 is 1.00 bits per heavy atom. The summed E-state index contributed by atoms with van der Waals surface area (Å²) in [5.41, 5.74) is 10.4. The third-order valence-corrected chi connectivity index (χ3v) is 8.65. The molecule has 8 nitrogen and oxygen atoms in total. The van der Waals surface area contributed by atoms with E-state index in [0.29, 0.717) is 18.3 Å². The summed E-state index contributed by atoms with van der Waals surface area (Å²) in [5, 5.41) is 6.17. The molecule has 0 radical (unpaired) electrons. The molecular weight excluding hydrogens is 536 g/mol. The number of rotatable bonds is 7. The molecule has 0 amide bonds. The van der Waals surface area contributed by atoms with Crippen LogP contribution in [0.2, 0.25) is 5.02 Å². The highest BCUT2D eigenvalue weighted by molar-refractivity contribution is 6.30. The van der Waals surface area contributed by atoms with Crippen LogP contribution < -0.4 is 11.1 Å². The van der Waals surface area contributed by atoms with Gasteiger partial charge in [-0.25, -0.2) is 15.0 Å². The third-order valence-electron chi connectivity index (χ3n) is 8.40. The van der Waals surface area contributed by atoms with Gasteiger partial charge in [0.15, 0.2) is 5.79 Å². The van der Waals surface area contributed by atoms with E-state index in [1.807, 2.05) is 50.2 Å². The van der Waals surface area contributed by atoms with E-state index in [1.54, 1.807) is 0 Å². The van der Waals surface area contributed by atoms with Gasteiger partial charge in [0, 0.05) is 23.2 Å². The van der Waals surface area contributed by atoms with Crippen LogP contribution >= 0.6 is 11.6 Å². The minimum atomic E-state index is -0.620. The quantitative estimate of drug-likeness (QED) is 0.230. The van der Waals surface area contributed by atoms with Crippen molar-refractivity contribution in [2.24, 2.45) is 5.92 Å². The first-order chi connectivity index (χ1) is 19.8. The van der Waals surface area contributed by atoms with Crippen molar-refractivity contribution in [3.8, 4) is 0 Å². The number of hydrogen-bond acceptors (Lipinski definition) is 7. The summed E-state index contributed by atoms with van der Waals surface area (Å²) in [7, 11) is 0. The molecular formula is C32H33ClN6O2. The molecule has 2 fully saturated rings. The molecule has 4 atom stereocenters. The lowest BCUT2D eigenvalue weighted by atomic mass is 9.95. The van der Waals surface area contributed by atoms with Gasteiger partial charge in [-0.1, -0.05) is 35.9 Å². The van der Waals surface area contributed by atoms with Crippen molar-refractivity contribution in [3.63, 3.8) is 0 Å². The molecule has 1 aliphatic heterocycles. The number of fused-ring (bicyclic) bond motifs is 3. The molecule has 4 heterocycles. The van der Waals surface area contributed by atoms with Crippen molar-refractivity contribution in [1.82, 2.24) is 19.5 Å². The zero-order valence-corrected chi connectivity index (χ0v) is 23.9. The highest BCUT2D eigenvalue weighted by atomic mass is 35.5. The van der Waals surface area contributed by atoms with Crippen LogP contribution in [0, 0.1) is 5.92 Å². The van der Waals surface area contributed by atoms with E-state index in [4.69, 9.17) is 31.8 Å². The number of hydrogen-bond donors (Lipinski definition) is 2. The number of aryl methyl sites for hydroxylation is 1. The van der Waals surface area contributed by atoms with Crippen LogP contribution in [-0.4, -0.2) is 37.5 Å². The number of nitrogen functional groups attached to an aromatic ring is 1. The smallest absolute Gasteiger partial charge is 0.163 e. The summed E-state index contributed by atoms with van der Waals surface area (Å²) >= 11 is 6.02. The average molecular weight is 569 g/mol. The Hall–Kier alpha value is -3.72. The van der Waals surface area contributed by atoms with Gasteiger partial charge in [0.2, 0.25) is 0 Å². The monoisotopic (exact) mass is 568 g/mol. The van der Waals surface area contributed by atoms with E-state index in [9.17, 15) is 0 Å². The second-order valence-corrected chi connectivity index (χ2v) is 12.0. The van der Waals surface area contributed by atoms with Gasteiger partial charge in [-0.15, -0.1) is 0 Å². The fourth-order valence-electron chi connectivity index (χ4n) is 6.43. The van der Waals surface area contributed by atoms with Gasteiger partial charge in [-0.2, -0.15) is 0 Å². The first-order valence-electron chi connectivity index (χ1n) is 14.1. The fourth-order valence-corrected chi connectivity index (χ4v) is 6.56. The summed E-state index contributed by atoms with van der Waals surface area (Å²) in [6, 6.07) is 20.7. The summed E-state index contributed by atoms with van der Waals surface area (Å²) in [6.07, 6.45) is 6.44. The van der Waals surface area contributed by atoms with E-state index in [2.05, 4.69) is 50.3 Å². The van der Waals surface area contributed by atoms with Gasteiger partial charge in [-0.3, -0.25) is 0 Å². The Kier molecular flexibility index (Phi) is 6.57. The zero-order valence-electron chi connectivity index (χ0n) is 23.1. The summed E-state index contributed by atoms with van der Waals surface area (Å²) in [5.74, 6) is 1.08. The fraction of sp³-hybridized carbons (Fsp3) is 0.344. The van der Waals surface area contributed by atoms with Crippen LogP contribution in [0.1, 0.15) is 43.9 Å². The Balaban J connectivity index is 1.08. The molecule has 1 aliphatic carbocycles. The lowest BCUT2D eigenvalue weighted by molar-refractivity contribution is -0.160. The molecule has 3 aromatic heterocycles. The number of ether oxygens (including phenoxy) is 2. The maximum atomic E-state index is 6.47. The number of nitrogens with one attached hydrogen (secondary N) is 1. The second-order valence-electron chi connectivity index (χ2n) is 11.6. The van der Waals surface area contributed by atoms with Crippen molar-refractivity contribution in [3.05, 3.63) is 89.3 Å². The Morgan fingerprint density at radius 3 is 2.63 bits per heavy atom. The first-order valence-corrected chi connectivity index (χ1v) is 14.5. The molecule has 5 aromatic rings. The SMILES string of the molecule is CC1(C)O[C@@H]2[C@@H](CCc3ccc4ccc(NCc5ccc(Cl)cc5)nc4c3)C[C@@H](n3ccc4c(N)ncnc43)[C@@H]2O1. The largest absolute Gasteiger partial charge is 0.383 e. The van der Waals surface area contributed by atoms with Crippen LogP contribution in [0.25, 0.3) is 21.9 Å². The van der Waals surface area contributed by atoms with Crippen molar-refractivity contribution in [2.75, 3.05) is 11.1 Å². The van der Waals surface area contributed by atoms with Gasteiger partial charge in [0.25, 0.3) is 0 Å². The average Bonchev–Trinajstić information content (AvgIpc) is 3.62. The summed E-state index contributed by atoms with van der Waals surface area (Å²) in [6.45, 7) is 4.69. The van der Waals surface area contributed by atoms with Crippen molar-refractivity contribution in [2.45, 2.75) is 63.7 Å². The van der Waals surface area contributed by atoms with Crippen molar-refractivity contribution < 1.29 is 9.47 Å². The van der Waals surface area contributed by atoms with E-state index in [0.717, 1.165) is 57.6 Å². The molecule has 0 bridgehead atoms. The number of nitrogens with two attached hydrogens (primary N) is 1. The third kappa shape index (κ3) is 5.12. The summed E-state index contributed by atoms with van der Waals surface area (Å²) in [4.78, 5) is 13.6. The summed E-state index contributed by atoms with van der Waals surface area (Å²) < 4.78 is 15.1. The number of benzene rings is 2. The number of halogens is 1. The van der Waals surface area contributed by atoms with Crippen molar-refractivity contribution >= 4 is 45.2 Å². The van der Waals surface area contributed by atoms with Crippen LogP contribution in [0.3, 0.4) is 0 Å². The topological polar surface area (TPSA) is 100 Å². The molecule has 7 rings (SSSR count). The van der Waals surface area contributed by atoms with E-state index in [-0.39, 0.29) is 18.2 Å². The van der Waals surface area contributed by atoms with Crippen LogP contribution in [0.15, 0.2) is 73.2 Å². The number of pyridine rings is 1. The highest BCUT2D eigenvalue weighted by Crippen LogP contribution is 2.49.